The van der Waals surface area contributed by atoms with Gasteiger partial charge in [-0.2, -0.15) is 0 Å². The van der Waals surface area contributed by atoms with E-state index in [1.165, 1.54) is 11.8 Å². The van der Waals surface area contributed by atoms with Gasteiger partial charge in [0.25, 0.3) is 5.91 Å². The Morgan fingerprint density at radius 3 is 2.62 bits per heavy atom. The molecule has 2 aromatic rings. The minimum atomic E-state index is -0.210. The van der Waals surface area contributed by atoms with Crippen LogP contribution in [0, 0.1) is 19.8 Å². The van der Waals surface area contributed by atoms with Crippen LogP contribution in [-0.2, 0) is 10.5 Å². The third-order valence-electron chi connectivity index (χ3n) is 3.78. The van der Waals surface area contributed by atoms with Crippen molar-refractivity contribution in [2.24, 2.45) is 5.92 Å². The van der Waals surface area contributed by atoms with Crippen LogP contribution in [0.4, 0.5) is 0 Å². The molecule has 0 aromatic carbocycles. The van der Waals surface area contributed by atoms with Crippen LogP contribution in [-0.4, -0.2) is 35.0 Å². The van der Waals surface area contributed by atoms with E-state index in [4.69, 9.17) is 4.52 Å². The molecule has 7 nitrogen and oxygen atoms in total. The summed E-state index contributed by atoms with van der Waals surface area (Å²) in [6.07, 6.45) is 1.66. The Balaban J connectivity index is 1.93. The fraction of sp³-hybridized carbons (Fsp3) is 0.444. The average Bonchev–Trinajstić information content (AvgIpc) is 2.94. The van der Waals surface area contributed by atoms with Gasteiger partial charge in [0.2, 0.25) is 5.91 Å². The summed E-state index contributed by atoms with van der Waals surface area (Å²) < 4.78 is 5.17. The lowest BCUT2D eigenvalue weighted by Gasteiger charge is -2.10. The van der Waals surface area contributed by atoms with E-state index in [9.17, 15) is 9.59 Å². The Bertz CT molecular complexity index is 754. The minimum absolute atomic E-state index is 0.0312. The molecule has 2 aromatic heterocycles. The normalized spacial score (nSPS) is 10.8. The second-order valence-corrected chi connectivity index (χ2v) is 7.11. The quantitative estimate of drug-likeness (QED) is 0.543. The van der Waals surface area contributed by atoms with Crippen LogP contribution in [0.3, 0.4) is 0 Å². The van der Waals surface area contributed by atoms with Gasteiger partial charge in [0.05, 0.1) is 11.3 Å². The van der Waals surface area contributed by atoms with Crippen molar-refractivity contribution in [3.8, 4) is 0 Å². The smallest absolute Gasteiger partial charge is 0.254 e. The molecule has 0 bridgehead atoms. The summed E-state index contributed by atoms with van der Waals surface area (Å²) in [6.45, 7) is 8.17. The average molecular weight is 376 g/mol. The number of aryl methyl sites for hydroxylation is 2. The number of carbonyl (C=O) groups is 2. The Hall–Kier alpha value is -2.35. The highest BCUT2D eigenvalue weighted by Gasteiger charge is 2.15. The molecule has 2 amide bonds. The number of nitrogens with zero attached hydrogens (tertiary/aromatic N) is 2. The van der Waals surface area contributed by atoms with E-state index in [0.29, 0.717) is 29.4 Å². The zero-order valence-corrected chi connectivity index (χ0v) is 16.3. The van der Waals surface area contributed by atoms with Gasteiger partial charge in [0, 0.05) is 36.5 Å². The van der Waals surface area contributed by atoms with E-state index in [1.54, 1.807) is 18.3 Å². The Labute approximate surface area is 157 Å². The van der Waals surface area contributed by atoms with Crippen molar-refractivity contribution < 1.29 is 14.1 Å². The fourth-order valence-electron chi connectivity index (χ4n) is 2.19. The van der Waals surface area contributed by atoms with Crippen LogP contribution in [0.2, 0.25) is 0 Å². The number of rotatable bonds is 8. The second kappa shape index (κ2) is 9.38. The fourth-order valence-corrected chi connectivity index (χ4v) is 3.33. The van der Waals surface area contributed by atoms with Crippen molar-refractivity contribution in [1.82, 2.24) is 20.8 Å². The third-order valence-corrected chi connectivity index (χ3v) is 4.82. The lowest BCUT2D eigenvalue weighted by molar-refractivity contribution is -0.123. The first-order chi connectivity index (χ1) is 12.4. The van der Waals surface area contributed by atoms with E-state index in [0.717, 1.165) is 17.0 Å². The number of amides is 2. The lowest BCUT2D eigenvalue weighted by Crippen LogP contribution is -2.36. The van der Waals surface area contributed by atoms with Gasteiger partial charge in [-0.05, 0) is 26.0 Å². The molecule has 140 valence electrons. The van der Waals surface area contributed by atoms with Gasteiger partial charge in [0.15, 0.2) is 0 Å². The first-order valence-corrected chi connectivity index (χ1v) is 9.44. The summed E-state index contributed by atoms with van der Waals surface area (Å²) in [5, 5.41) is 10.2. The summed E-state index contributed by atoms with van der Waals surface area (Å²) in [4.78, 5) is 28.3. The van der Waals surface area contributed by atoms with Crippen molar-refractivity contribution in [2.75, 3.05) is 13.1 Å². The predicted molar refractivity (Wildman–Crippen MR) is 100.0 cm³/mol. The maximum absolute atomic E-state index is 12.4. The van der Waals surface area contributed by atoms with Crippen LogP contribution in [0.5, 0.6) is 0 Å². The first-order valence-electron chi connectivity index (χ1n) is 8.45. The summed E-state index contributed by atoms with van der Waals surface area (Å²) in [5.41, 5.74) is 2.38. The van der Waals surface area contributed by atoms with Crippen LogP contribution in [0.1, 0.15) is 41.2 Å². The molecular formula is C18H24N4O3S. The molecule has 8 heteroatoms. The maximum atomic E-state index is 12.4. The van der Waals surface area contributed by atoms with Gasteiger partial charge in [-0.3, -0.25) is 9.59 Å². The summed E-state index contributed by atoms with van der Waals surface area (Å²) >= 11 is 1.47. The number of carbonyl (C=O) groups excluding carboxylic acids is 2. The summed E-state index contributed by atoms with van der Waals surface area (Å²) in [7, 11) is 0. The standard InChI is InChI=1S/C18H24N4O3S/c1-11(2)16(23)19-8-9-20-17(24)14-6-5-7-21-18(14)26-10-15-12(3)22-25-13(15)4/h5-7,11H,8-10H2,1-4H3,(H,19,23)(H,20,24). The van der Waals surface area contributed by atoms with E-state index in [2.05, 4.69) is 20.8 Å². The lowest BCUT2D eigenvalue weighted by atomic mass is 10.2. The monoisotopic (exact) mass is 376 g/mol. The molecule has 2 N–H and O–H groups in total. The molecule has 0 aliphatic heterocycles. The van der Waals surface area contributed by atoms with Gasteiger partial charge in [-0.15, -0.1) is 11.8 Å². The number of hydrogen-bond donors (Lipinski definition) is 2. The van der Waals surface area contributed by atoms with Crippen molar-refractivity contribution in [1.29, 1.82) is 0 Å². The molecule has 2 rings (SSSR count). The number of thioether (sulfide) groups is 1. The summed E-state index contributed by atoms with van der Waals surface area (Å²) in [6, 6.07) is 3.47. The molecule has 0 unspecified atom stereocenters. The molecule has 0 atom stereocenters. The molecule has 0 spiro atoms. The predicted octanol–water partition coefficient (Wildman–Crippen LogP) is 2.48. The van der Waals surface area contributed by atoms with E-state index in [1.807, 2.05) is 27.7 Å². The number of aromatic nitrogens is 2. The third kappa shape index (κ3) is 5.32. The highest BCUT2D eigenvalue weighted by molar-refractivity contribution is 7.98. The largest absolute Gasteiger partial charge is 0.361 e. The molecular weight excluding hydrogens is 352 g/mol. The molecule has 0 fully saturated rings. The Kier molecular flexibility index (Phi) is 7.20. The molecule has 0 radical (unpaired) electrons. The van der Waals surface area contributed by atoms with Crippen molar-refractivity contribution in [3.05, 3.63) is 40.9 Å². The van der Waals surface area contributed by atoms with Gasteiger partial charge < -0.3 is 15.2 Å². The topological polar surface area (TPSA) is 97.1 Å². The SMILES string of the molecule is Cc1noc(C)c1CSc1ncccc1C(=O)NCCNC(=O)C(C)C. The van der Waals surface area contributed by atoms with Crippen LogP contribution >= 0.6 is 11.8 Å². The van der Waals surface area contributed by atoms with Crippen LogP contribution in [0.15, 0.2) is 27.9 Å². The zero-order valence-electron chi connectivity index (χ0n) is 15.5. The van der Waals surface area contributed by atoms with E-state index < -0.39 is 0 Å². The van der Waals surface area contributed by atoms with Crippen molar-refractivity contribution in [3.63, 3.8) is 0 Å². The molecule has 0 aliphatic carbocycles. The van der Waals surface area contributed by atoms with Crippen LogP contribution in [0.25, 0.3) is 0 Å². The van der Waals surface area contributed by atoms with Crippen molar-refractivity contribution in [2.45, 2.75) is 38.5 Å². The first kappa shape index (κ1) is 20.0. The number of nitrogens with one attached hydrogen (secondary N) is 2. The van der Waals surface area contributed by atoms with Gasteiger partial charge in [-0.25, -0.2) is 4.98 Å². The highest BCUT2D eigenvalue weighted by atomic mass is 32.2. The molecule has 0 saturated heterocycles. The molecule has 26 heavy (non-hydrogen) atoms. The van der Waals surface area contributed by atoms with Crippen molar-refractivity contribution >= 4 is 23.6 Å². The molecule has 2 heterocycles. The Morgan fingerprint density at radius 1 is 1.23 bits per heavy atom. The van der Waals surface area contributed by atoms with Gasteiger partial charge in [0.1, 0.15) is 10.8 Å². The molecule has 0 aliphatic rings. The van der Waals surface area contributed by atoms with E-state index >= 15 is 0 Å². The minimum Gasteiger partial charge on any atom is -0.361 e. The van der Waals surface area contributed by atoms with Crippen LogP contribution < -0.4 is 10.6 Å². The number of pyridine rings is 1. The number of hydrogen-bond acceptors (Lipinski definition) is 6. The van der Waals surface area contributed by atoms with Gasteiger partial charge >= 0.3 is 0 Å². The zero-order chi connectivity index (χ0) is 19.1. The Morgan fingerprint density at radius 2 is 1.96 bits per heavy atom. The molecule has 0 saturated carbocycles. The maximum Gasteiger partial charge on any atom is 0.254 e. The van der Waals surface area contributed by atoms with E-state index in [-0.39, 0.29) is 17.7 Å². The summed E-state index contributed by atoms with van der Waals surface area (Å²) in [5.74, 6) is 1.09. The van der Waals surface area contributed by atoms with Gasteiger partial charge in [-0.1, -0.05) is 19.0 Å². The highest BCUT2D eigenvalue weighted by Crippen LogP contribution is 2.27. The second-order valence-electron chi connectivity index (χ2n) is 6.15.